The second kappa shape index (κ2) is 8.25. The lowest BCUT2D eigenvalue weighted by molar-refractivity contribution is -0.531. The Morgan fingerprint density at radius 1 is 1.53 bits per heavy atom. The molecule has 0 heterocycles. The molecule has 0 aliphatic heterocycles. The monoisotopic (exact) mass is 213 g/mol. The summed E-state index contributed by atoms with van der Waals surface area (Å²) in [6.07, 6.45) is 8.52. The molecule has 0 amide bonds. The molecular weight excluding hydrogens is 194 g/mol. The van der Waals surface area contributed by atoms with Crippen LogP contribution in [-0.2, 0) is 4.74 Å². The molecular formula is C11H19NO3. The van der Waals surface area contributed by atoms with E-state index in [1.165, 1.54) is 0 Å². The van der Waals surface area contributed by atoms with Crippen LogP contribution in [0.15, 0.2) is 0 Å². The highest BCUT2D eigenvalue weighted by Crippen LogP contribution is 2.12. The number of hydrogen-bond donors (Lipinski definition) is 0. The van der Waals surface area contributed by atoms with E-state index in [0.29, 0.717) is 6.42 Å². The first-order valence-corrected chi connectivity index (χ1v) is 5.32. The predicted octanol–water partition coefficient (Wildman–Crippen LogP) is 2.25. The van der Waals surface area contributed by atoms with E-state index in [4.69, 9.17) is 11.2 Å². The summed E-state index contributed by atoms with van der Waals surface area (Å²) in [5.41, 5.74) is 0. The fraction of sp³-hybridized carbons (Fsp3) is 0.818. The second-order valence-corrected chi connectivity index (χ2v) is 3.58. The molecule has 0 spiro atoms. The topological polar surface area (TPSA) is 52.4 Å². The van der Waals surface area contributed by atoms with Gasteiger partial charge in [-0.05, 0) is 6.42 Å². The highest BCUT2D eigenvalue weighted by atomic mass is 16.6. The maximum Gasteiger partial charge on any atom is 0.236 e. The summed E-state index contributed by atoms with van der Waals surface area (Å²) in [5.74, 6) is 2.34. The summed E-state index contributed by atoms with van der Waals surface area (Å²) < 4.78 is 5.28. The van der Waals surface area contributed by atoms with Gasteiger partial charge in [0.1, 0.15) is 12.7 Å². The van der Waals surface area contributed by atoms with Crippen LogP contribution in [0.2, 0.25) is 0 Å². The van der Waals surface area contributed by atoms with Crippen molar-refractivity contribution in [2.24, 2.45) is 0 Å². The first-order valence-electron chi connectivity index (χ1n) is 5.32. The zero-order valence-electron chi connectivity index (χ0n) is 9.44. The van der Waals surface area contributed by atoms with Crippen LogP contribution in [0.25, 0.3) is 0 Å². The Labute approximate surface area is 91.2 Å². The van der Waals surface area contributed by atoms with E-state index in [2.05, 4.69) is 12.8 Å². The minimum Gasteiger partial charge on any atom is -0.358 e. The van der Waals surface area contributed by atoms with Gasteiger partial charge in [0.2, 0.25) is 6.04 Å². The summed E-state index contributed by atoms with van der Waals surface area (Å²) >= 11 is 0. The van der Waals surface area contributed by atoms with Crippen molar-refractivity contribution < 1.29 is 9.66 Å². The first kappa shape index (κ1) is 13.9. The zero-order chi connectivity index (χ0) is 11.7. The molecule has 4 nitrogen and oxygen atoms in total. The van der Waals surface area contributed by atoms with Crippen LogP contribution in [0.5, 0.6) is 0 Å². The van der Waals surface area contributed by atoms with Gasteiger partial charge in [-0.15, -0.1) is 6.42 Å². The summed E-state index contributed by atoms with van der Waals surface area (Å²) in [6.45, 7) is 3.80. The molecule has 0 aromatic heterocycles. The van der Waals surface area contributed by atoms with E-state index in [0.717, 1.165) is 19.3 Å². The Kier molecular flexibility index (Phi) is 7.65. The lowest BCUT2D eigenvalue weighted by Gasteiger charge is -2.17. The molecule has 0 aliphatic rings. The SMILES string of the molecule is C#CCOC(CCCCC)C(C)[N+](=O)[O-]. The lowest BCUT2D eigenvalue weighted by Crippen LogP contribution is -2.33. The number of terminal acetylenes is 1. The normalized spacial score (nSPS) is 14.2. The molecule has 2 unspecified atom stereocenters. The van der Waals surface area contributed by atoms with Gasteiger partial charge in [0.15, 0.2) is 0 Å². The van der Waals surface area contributed by atoms with E-state index in [1.54, 1.807) is 6.92 Å². The van der Waals surface area contributed by atoms with Crippen LogP contribution in [-0.4, -0.2) is 23.7 Å². The standard InChI is InChI=1S/C11H19NO3/c1-4-6-7-8-11(15-9-5-2)10(3)12(13)14/h2,10-11H,4,6-9H2,1,3H3. The number of ether oxygens (including phenoxy) is 1. The minimum absolute atomic E-state index is 0.148. The lowest BCUT2D eigenvalue weighted by atomic mass is 10.1. The molecule has 86 valence electrons. The van der Waals surface area contributed by atoms with E-state index in [1.807, 2.05) is 0 Å². The van der Waals surface area contributed by atoms with Gasteiger partial charge in [-0.25, -0.2) is 0 Å². The molecule has 0 radical (unpaired) electrons. The van der Waals surface area contributed by atoms with Crippen LogP contribution in [0.4, 0.5) is 0 Å². The number of unbranched alkanes of at least 4 members (excludes halogenated alkanes) is 2. The average molecular weight is 213 g/mol. The third kappa shape index (κ3) is 6.08. The third-order valence-electron chi connectivity index (χ3n) is 2.34. The van der Waals surface area contributed by atoms with Crippen LogP contribution < -0.4 is 0 Å². The number of rotatable bonds is 8. The Morgan fingerprint density at radius 3 is 2.67 bits per heavy atom. The molecule has 0 fully saturated rings. The van der Waals surface area contributed by atoms with E-state index >= 15 is 0 Å². The second-order valence-electron chi connectivity index (χ2n) is 3.58. The third-order valence-corrected chi connectivity index (χ3v) is 2.34. The molecule has 0 aromatic carbocycles. The molecule has 0 N–H and O–H groups in total. The van der Waals surface area contributed by atoms with E-state index in [-0.39, 0.29) is 17.6 Å². The van der Waals surface area contributed by atoms with Crippen LogP contribution in [0.3, 0.4) is 0 Å². The molecule has 0 bridgehead atoms. The van der Waals surface area contributed by atoms with Gasteiger partial charge in [-0.3, -0.25) is 10.1 Å². The van der Waals surface area contributed by atoms with Gasteiger partial charge in [0.05, 0.1) is 0 Å². The van der Waals surface area contributed by atoms with Crippen molar-refractivity contribution in [2.45, 2.75) is 51.7 Å². The molecule has 0 rings (SSSR count). The molecule has 15 heavy (non-hydrogen) atoms. The number of nitro groups is 1. The van der Waals surface area contributed by atoms with E-state index in [9.17, 15) is 10.1 Å². The Hall–Kier alpha value is -1.08. The Bertz CT molecular complexity index is 222. The fourth-order valence-electron chi connectivity index (χ4n) is 1.35. The van der Waals surface area contributed by atoms with Gasteiger partial charge >= 0.3 is 0 Å². The number of hydrogen-bond acceptors (Lipinski definition) is 3. The van der Waals surface area contributed by atoms with Gasteiger partial charge < -0.3 is 4.74 Å². The first-order chi connectivity index (χ1) is 7.13. The van der Waals surface area contributed by atoms with Gasteiger partial charge in [0.25, 0.3) is 0 Å². The van der Waals surface area contributed by atoms with Crippen molar-refractivity contribution in [3.05, 3.63) is 10.1 Å². The van der Waals surface area contributed by atoms with E-state index < -0.39 is 6.04 Å². The summed E-state index contributed by atoms with van der Waals surface area (Å²) in [4.78, 5) is 10.3. The van der Waals surface area contributed by atoms with Crippen molar-refractivity contribution in [3.8, 4) is 12.3 Å². The van der Waals surface area contributed by atoms with Gasteiger partial charge in [0, 0.05) is 11.8 Å². The highest BCUT2D eigenvalue weighted by molar-refractivity contribution is 4.84. The predicted molar refractivity (Wildman–Crippen MR) is 59.2 cm³/mol. The number of nitrogens with zero attached hydrogens (tertiary/aromatic N) is 1. The fourth-order valence-corrected chi connectivity index (χ4v) is 1.35. The minimum atomic E-state index is -0.685. The molecule has 4 heteroatoms. The van der Waals surface area contributed by atoms with Crippen molar-refractivity contribution in [1.29, 1.82) is 0 Å². The molecule has 0 aromatic rings. The smallest absolute Gasteiger partial charge is 0.236 e. The van der Waals surface area contributed by atoms with Crippen LogP contribution >= 0.6 is 0 Å². The molecule has 0 aliphatic carbocycles. The van der Waals surface area contributed by atoms with Crippen molar-refractivity contribution in [1.82, 2.24) is 0 Å². The van der Waals surface area contributed by atoms with Crippen LogP contribution in [0.1, 0.15) is 39.5 Å². The van der Waals surface area contributed by atoms with Gasteiger partial charge in [-0.1, -0.05) is 32.1 Å². The maximum absolute atomic E-state index is 10.6. The van der Waals surface area contributed by atoms with Crippen LogP contribution in [0, 0.1) is 22.5 Å². The Balaban J connectivity index is 4.06. The van der Waals surface area contributed by atoms with Crippen molar-refractivity contribution >= 4 is 0 Å². The summed E-state index contributed by atoms with van der Waals surface area (Å²) in [5, 5.41) is 10.6. The Morgan fingerprint density at radius 2 is 2.20 bits per heavy atom. The maximum atomic E-state index is 10.6. The molecule has 2 atom stereocenters. The van der Waals surface area contributed by atoms with Gasteiger partial charge in [-0.2, -0.15) is 0 Å². The summed E-state index contributed by atoms with van der Waals surface area (Å²) in [6, 6.07) is -0.685. The van der Waals surface area contributed by atoms with Crippen molar-refractivity contribution in [3.63, 3.8) is 0 Å². The highest BCUT2D eigenvalue weighted by Gasteiger charge is 2.26. The average Bonchev–Trinajstić information content (AvgIpc) is 2.22. The largest absolute Gasteiger partial charge is 0.358 e. The molecule has 0 saturated heterocycles. The quantitative estimate of drug-likeness (QED) is 0.269. The summed E-state index contributed by atoms with van der Waals surface area (Å²) in [7, 11) is 0. The van der Waals surface area contributed by atoms with Crippen molar-refractivity contribution in [2.75, 3.05) is 6.61 Å². The molecule has 0 saturated carbocycles. The zero-order valence-corrected chi connectivity index (χ0v) is 9.44.